The minimum absolute atomic E-state index is 0.743. The van der Waals surface area contributed by atoms with E-state index in [1.54, 1.807) is 12.4 Å². The average molecular weight is 206 g/mol. The summed E-state index contributed by atoms with van der Waals surface area (Å²) in [6.07, 6.45) is 6.18. The molecule has 0 spiro atoms. The van der Waals surface area contributed by atoms with E-state index in [2.05, 4.69) is 9.97 Å². The molecular weight excluding hydrogens is 196 g/mol. The molecule has 3 nitrogen and oxygen atoms in total. The minimum Gasteiger partial charge on any atom is -0.366 e. The van der Waals surface area contributed by atoms with Gasteiger partial charge in [-0.25, -0.2) is 0 Å². The van der Waals surface area contributed by atoms with Crippen molar-refractivity contribution in [2.75, 3.05) is 0 Å². The minimum atomic E-state index is 0.743. The van der Waals surface area contributed by atoms with Gasteiger partial charge in [0.2, 0.25) is 0 Å². The lowest BCUT2D eigenvalue weighted by Crippen LogP contribution is -1.90. The van der Waals surface area contributed by atoms with Gasteiger partial charge in [-0.15, -0.1) is 0 Å². The number of nitrogens with one attached hydrogen (secondary N) is 1. The monoisotopic (exact) mass is 206 g/mol. The molecule has 2 aromatic rings. The first-order valence-electron chi connectivity index (χ1n) is 4.27. The van der Waals surface area contributed by atoms with Gasteiger partial charge in [-0.3, -0.25) is 4.98 Å². The van der Waals surface area contributed by atoms with Crippen LogP contribution >= 0.6 is 12.0 Å². The molecular formula is C10H10N2OS. The second-order valence-corrected chi connectivity index (χ2v) is 3.56. The number of nitrogens with zero attached hydrogens (tertiary/aromatic N) is 1. The molecule has 0 aliphatic rings. The number of aromatic amines is 1. The van der Waals surface area contributed by atoms with Crippen LogP contribution < -0.4 is 0 Å². The van der Waals surface area contributed by atoms with E-state index in [4.69, 9.17) is 4.55 Å². The van der Waals surface area contributed by atoms with Crippen LogP contribution in [-0.4, -0.2) is 14.5 Å². The van der Waals surface area contributed by atoms with Crippen molar-refractivity contribution in [1.29, 1.82) is 0 Å². The molecule has 4 heteroatoms. The standard InChI is InChI=1S/C10H10N2OS/c13-14-10-7-11-6-8(10)5-9-3-1-2-4-12-9/h1-4,6-7,11,13H,5H2. The van der Waals surface area contributed by atoms with Gasteiger partial charge in [0.15, 0.2) is 0 Å². The van der Waals surface area contributed by atoms with E-state index in [0.29, 0.717) is 0 Å². The van der Waals surface area contributed by atoms with Gasteiger partial charge in [-0.05, 0) is 17.7 Å². The molecule has 72 valence electrons. The van der Waals surface area contributed by atoms with E-state index in [1.807, 2.05) is 24.4 Å². The Hall–Kier alpha value is -1.26. The van der Waals surface area contributed by atoms with Crippen LogP contribution in [0.2, 0.25) is 0 Å². The van der Waals surface area contributed by atoms with Gasteiger partial charge < -0.3 is 9.54 Å². The quantitative estimate of drug-likeness (QED) is 0.759. The lowest BCUT2D eigenvalue weighted by atomic mass is 10.2. The number of hydrogen-bond acceptors (Lipinski definition) is 3. The Bertz CT molecular complexity index is 400. The van der Waals surface area contributed by atoms with Crippen LogP contribution in [0.4, 0.5) is 0 Å². The lowest BCUT2D eigenvalue weighted by Gasteiger charge is -1.99. The van der Waals surface area contributed by atoms with Crippen LogP contribution in [0.5, 0.6) is 0 Å². The number of hydrogen-bond donors (Lipinski definition) is 2. The smallest absolute Gasteiger partial charge is 0.0561 e. The second-order valence-electron chi connectivity index (χ2n) is 2.93. The summed E-state index contributed by atoms with van der Waals surface area (Å²) in [4.78, 5) is 8.04. The zero-order valence-electron chi connectivity index (χ0n) is 7.47. The third kappa shape index (κ3) is 1.97. The van der Waals surface area contributed by atoms with Gasteiger partial charge in [0, 0.05) is 42.7 Å². The Morgan fingerprint density at radius 1 is 1.36 bits per heavy atom. The molecule has 2 aromatic heterocycles. The van der Waals surface area contributed by atoms with Crippen molar-refractivity contribution >= 4 is 12.0 Å². The highest BCUT2D eigenvalue weighted by Gasteiger charge is 2.04. The molecule has 2 N–H and O–H groups in total. The predicted molar refractivity (Wildman–Crippen MR) is 56.3 cm³/mol. The molecule has 2 rings (SSSR count). The van der Waals surface area contributed by atoms with E-state index < -0.39 is 0 Å². The molecule has 0 aliphatic carbocycles. The maximum atomic E-state index is 8.96. The van der Waals surface area contributed by atoms with E-state index >= 15 is 0 Å². The van der Waals surface area contributed by atoms with E-state index in [-0.39, 0.29) is 0 Å². The molecule has 0 unspecified atom stereocenters. The molecule has 2 heterocycles. The van der Waals surface area contributed by atoms with Crippen LogP contribution in [0, 0.1) is 0 Å². The molecule has 0 saturated heterocycles. The fourth-order valence-electron chi connectivity index (χ4n) is 1.30. The van der Waals surface area contributed by atoms with Crippen LogP contribution in [0.1, 0.15) is 11.3 Å². The van der Waals surface area contributed by atoms with Gasteiger partial charge in [0.05, 0.1) is 4.90 Å². The Morgan fingerprint density at radius 3 is 3.00 bits per heavy atom. The third-order valence-corrected chi connectivity index (χ3v) is 2.56. The lowest BCUT2D eigenvalue weighted by molar-refractivity contribution is 0.663. The fourth-order valence-corrected chi connectivity index (χ4v) is 1.67. The topological polar surface area (TPSA) is 48.9 Å². The van der Waals surface area contributed by atoms with E-state index in [0.717, 1.165) is 34.6 Å². The van der Waals surface area contributed by atoms with Gasteiger partial charge in [0.25, 0.3) is 0 Å². The summed E-state index contributed by atoms with van der Waals surface area (Å²) in [5.41, 5.74) is 2.07. The molecule has 0 bridgehead atoms. The summed E-state index contributed by atoms with van der Waals surface area (Å²) >= 11 is 0.762. The molecule has 0 aromatic carbocycles. The van der Waals surface area contributed by atoms with Crippen molar-refractivity contribution in [3.05, 3.63) is 48.0 Å². The van der Waals surface area contributed by atoms with Crippen molar-refractivity contribution in [3.8, 4) is 0 Å². The maximum absolute atomic E-state index is 8.96. The number of pyridine rings is 1. The van der Waals surface area contributed by atoms with Crippen LogP contribution in [0.3, 0.4) is 0 Å². The van der Waals surface area contributed by atoms with E-state index in [1.165, 1.54) is 0 Å². The van der Waals surface area contributed by atoms with Crippen molar-refractivity contribution in [2.45, 2.75) is 11.3 Å². The van der Waals surface area contributed by atoms with Crippen LogP contribution in [-0.2, 0) is 6.42 Å². The van der Waals surface area contributed by atoms with Gasteiger partial charge in [0.1, 0.15) is 0 Å². The van der Waals surface area contributed by atoms with Crippen molar-refractivity contribution in [2.24, 2.45) is 0 Å². The normalized spacial score (nSPS) is 10.4. The second kappa shape index (κ2) is 4.30. The molecule has 0 saturated carbocycles. The SMILES string of the molecule is OSc1c[nH]cc1Cc1ccccn1. The summed E-state index contributed by atoms with van der Waals surface area (Å²) in [7, 11) is 0. The Labute approximate surface area is 86.4 Å². The van der Waals surface area contributed by atoms with Gasteiger partial charge in [-0.2, -0.15) is 0 Å². The third-order valence-electron chi connectivity index (χ3n) is 1.98. The summed E-state index contributed by atoms with van der Waals surface area (Å²) in [6, 6.07) is 5.82. The number of H-pyrrole nitrogens is 1. The first kappa shape index (κ1) is 9.30. The van der Waals surface area contributed by atoms with Crippen LogP contribution in [0.25, 0.3) is 0 Å². The Morgan fingerprint density at radius 2 is 2.29 bits per heavy atom. The van der Waals surface area contributed by atoms with E-state index in [9.17, 15) is 0 Å². The molecule has 14 heavy (non-hydrogen) atoms. The maximum Gasteiger partial charge on any atom is 0.0561 e. The van der Waals surface area contributed by atoms with Gasteiger partial charge >= 0.3 is 0 Å². The Balaban J connectivity index is 2.19. The first-order chi connectivity index (χ1) is 6.90. The number of aromatic nitrogens is 2. The fraction of sp³-hybridized carbons (Fsp3) is 0.100. The molecule has 0 atom stereocenters. The zero-order chi connectivity index (χ0) is 9.80. The Kier molecular flexibility index (Phi) is 2.86. The zero-order valence-corrected chi connectivity index (χ0v) is 8.29. The van der Waals surface area contributed by atoms with Crippen LogP contribution in [0.15, 0.2) is 41.7 Å². The summed E-state index contributed by atoms with van der Waals surface area (Å²) < 4.78 is 8.96. The predicted octanol–water partition coefficient (Wildman–Crippen LogP) is 2.57. The highest BCUT2D eigenvalue weighted by Crippen LogP contribution is 2.21. The molecule has 0 radical (unpaired) electrons. The van der Waals surface area contributed by atoms with Crippen molar-refractivity contribution in [3.63, 3.8) is 0 Å². The van der Waals surface area contributed by atoms with Gasteiger partial charge in [-0.1, -0.05) is 6.07 Å². The molecule has 0 fully saturated rings. The average Bonchev–Trinajstić information content (AvgIpc) is 2.67. The molecule has 0 amide bonds. The number of rotatable bonds is 3. The highest BCUT2D eigenvalue weighted by atomic mass is 32.2. The summed E-state index contributed by atoms with van der Waals surface area (Å²) in [5, 5.41) is 0. The largest absolute Gasteiger partial charge is 0.366 e. The van der Waals surface area contributed by atoms with Crippen molar-refractivity contribution in [1.82, 2.24) is 9.97 Å². The summed E-state index contributed by atoms with van der Waals surface area (Å²) in [5.74, 6) is 0. The first-order valence-corrected chi connectivity index (χ1v) is 5.04. The summed E-state index contributed by atoms with van der Waals surface area (Å²) in [6.45, 7) is 0. The highest BCUT2D eigenvalue weighted by molar-refractivity contribution is 7.93. The van der Waals surface area contributed by atoms with Crippen molar-refractivity contribution < 1.29 is 4.55 Å². The molecule has 0 aliphatic heterocycles.